The highest BCUT2D eigenvalue weighted by molar-refractivity contribution is 6.36. The van der Waals surface area contributed by atoms with Crippen LogP contribution in [-0.4, -0.2) is 22.5 Å². The highest BCUT2D eigenvalue weighted by Crippen LogP contribution is 2.27. The number of phenols is 1. The minimum atomic E-state index is -1.91. The quantitative estimate of drug-likeness (QED) is 0.587. The van der Waals surface area contributed by atoms with Crippen LogP contribution in [0.1, 0.15) is 0 Å². The van der Waals surface area contributed by atoms with Crippen LogP contribution in [0.2, 0.25) is 5.02 Å². The monoisotopic (exact) mass is 188 g/mol. The van der Waals surface area contributed by atoms with E-state index in [9.17, 15) is 0 Å². The van der Waals surface area contributed by atoms with Gasteiger partial charge in [0.05, 0.1) is 5.02 Å². The Morgan fingerprint density at radius 1 is 1.33 bits per heavy atom. The van der Waals surface area contributed by atoms with Crippen LogP contribution in [0.4, 0.5) is 0 Å². The summed E-state index contributed by atoms with van der Waals surface area (Å²) in [5.74, 6) is 0.0873. The normalized spacial score (nSPS) is 9.58. The molecule has 0 amide bonds. The second-order valence-electron chi connectivity index (χ2n) is 2.06. The van der Waals surface area contributed by atoms with Gasteiger partial charge in [-0.15, -0.1) is 0 Å². The first-order chi connectivity index (χ1) is 5.59. The van der Waals surface area contributed by atoms with Gasteiger partial charge in [0.2, 0.25) is 0 Å². The lowest BCUT2D eigenvalue weighted by molar-refractivity contribution is 0.288. The highest BCUT2D eigenvalue weighted by Gasteiger charge is 2.13. The van der Waals surface area contributed by atoms with Gasteiger partial charge in [0.1, 0.15) is 11.5 Å². The van der Waals surface area contributed by atoms with E-state index in [4.69, 9.17) is 26.8 Å². The molecule has 4 nitrogen and oxygen atoms in total. The predicted octanol–water partition coefficient (Wildman–Crippen LogP) is 0.394. The van der Waals surface area contributed by atoms with Crippen LogP contribution < -0.4 is 4.65 Å². The Balaban J connectivity index is 2.86. The minimum absolute atomic E-state index is 0.0141. The van der Waals surface area contributed by atoms with Crippen molar-refractivity contribution in [1.82, 2.24) is 0 Å². The first-order valence-corrected chi connectivity index (χ1v) is 3.48. The molecule has 0 spiro atoms. The molecule has 6 heteroatoms. The highest BCUT2D eigenvalue weighted by atomic mass is 35.5. The van der Waals surface area contributed by atoms with Crippen molar-refractivity contribution in [1.29, 1.82) is 0 Å². The average molecular weight is 188 g/mol. The van der Waals surface area contributed by atoms with E-state index >= 15 is 0 Å². The zero-order valence-corrected chi connectivity index (χ0v) is 6.69. The molecule has 64 valence electrons. The van der Waals surface area contributed by atoms with Crippen molar-refractivity contribution in [3.8, 4) is 11.5 Å². The Morgan fingerprint density at radius 2 is 2.00 bits per heavy atom. The fraction of sp³-hybridized carbons (Fsp3) is 0. The molecule has 1 aromatic rings. The lowest BCUT2D eigenvalue weighted by atomic mass is 10.2. The molecule has 0 unspecified atom stereocenters. The number of hydrogen-bond acceptors (Lipinski definition) is 4. The number of aromatic hydroxyl groups is 1. The van der Waals surface area contributed by atoms with E-state index in [-0.39, 0.29) is 16.5 Å². The first-order valence-electron chi connectivity index (χ1n) is 3.11. The molecular formula is C6H6BClO4. The van der Waals surface area contributed by atoms with Crippen molar-refractivity contribution in [3.63, 3.8) is 0 Å². The van der Waals surface area contributed by atoms with E-state index in [0.717, 1.165) is 0 Å². The minimum Gasteiger partial charge on any atom is -0.511 e. The van der Waals surface area contributed by atoms with Crippen LogP contribution in [-0.2, 0) is 0 Å². The molecule has 0 heterocycles. The average Bonchev–Trinajstić information content (AvgIpc) is 1.94. The summed E-state index contributed by atoms with van der Waals surface area (Å²) < 4.78 is 4.47. The summed E-state index contributed by atoms with van der Waals surface area (Å²) in [6.07, 6.45) is 0. The van der Waals surface area contributed by atoms with Crippen LogP contribution >= 0.6 is 11.6 Å². The number of benzene rings is 1. The van der Waals surface area contributed by atoms with Gasteiger partial charge in [-0.1, -0.05) is 11.6 Å². The van der Waals surface area contributed by atoms with Crippen LogP contribution in [0.25, 0.3) is 0 Å². The summed E-state index contributed by atoms with van der Waals surface area (Å²) in [6, 6.07) is 3.89. The molecule has 0 radical (unpaired) electrons. The molecule has 0 aliphatic heterocycles. The Morgan fingerprint density at radius 3 is 2.50 bits per heavy atom. The maximum Gasteiger partial charge on any atom is 0.707 e. The Kier molecular flexibility index (Phi) is 2.81. The number of phenolic OH excluding ortho intramolecular Hbond substituents is 1. The van der Waals surface area contributed by atoms with E-state index < -0.39 is 7.32 Å². The molecule has 0 aliphatic carbocycles. The van der Waals surface area contributed by atoms with Crippen molar-refractivity contribution >= 4 is 18.9 Å². The van der Waals surface area contributed by atoms with Crippen molar-refractivity contribution in [3.05, 3.63) is 23.2 Å². The third-order valence-electron chi connectivity index (χ3n) is 1.15. The fourth-order valence-electron chi connectivity index (χ4n) is 0.699. The summed E-state index contributed by atoms with van der Waals surface area (Å²) in [7, 11) is -1.91. The zero-order valence-electron chi connectivity index (χ0n) is 5.94. The zero-order chi connectivity index (χ0) is 9.14. The maximum atomic E-state index is 8.91. The van der Waals surface area contributed by atoms with Crippen molar-refractivity contribution in [2.24, 2.45) is 0 Å². The van der Waals surface area contributed by atoms with Gasteiger partial charge in [-0.25, -0.2) is 0 Å². The summed E-state index contributed by atoms with van der Waals surface area (Å²) in [5, 5.41) is 25.8. The summed E-state index contributed by atoms with van der Waals surface area (Å²) in [6.45, 7) is 0. The molecule has 0 bridgehead atoms. The molecule has 0 fully saturated rings. The van der Waals surface area contributed by atoms with E-state index in [1.807, 2.05) is 0 Å². The molecule has 0 aromatic heterocycles. The molecule has 0 atom stereocenters. The van der Waals surface area contributed by atoms with Crippen molar-refractivity contribution < 1.29 is 19.8 Å². The van der Waals surface area contributed by atoms with Gasteiger partial charge in [0, 0.05) is 6.07 Å². The first kappa shape index (κ1) is 9.19. The fourth-order valence-corrected chi connectivity index (χ4v) is 0.918. The van der Waals surface area contributed by atoms with Gasteiger partial charge in [-0.05, 0) is 12.1 Å². The van der Waals surface area contributed by atoms with Crippen LogP contribution in [0.15, 0.2) is 18.2 Å². The Bertz CT molecular complexity index is 278. The molecule has 0 saturated carbocycles. The summed E-state index contributed by atoms with van der Waals surface area (Å²) >= 11 is 5.57. The van der Waals surface area contributed by atoms with Crippen LogP contribution in [0, 0.1) is 0 Å². The number of rotatable bonds is 2. The molecule has 0 aliphatic rings. The SMILES string of the molecule is OB(O)Oc1ccc(O)cc1Cl. The number of halogens is 1. The van der Waals surface area contributed by atoms with Gasteiger partial charge >= 0.3 is 7.32 Å². The van der Waals surface area contributed by atoms with Gasteiger partial charge in [-0.2, -0.15) is 0 Å². The maximum absolute atomic E-state index is 8.91. The van der Waals surface area contributed by atoms with Gasteiger partial charge in [-0.3, -0.25) is 0 Å². The smallest absolute Gasteiger partial charge is 0.511 e. The number of hydrogen-bond donors (Lipinski definition) is 3. The molecule has 3 N–H and O–H groups in total. The Labute approximate surface area is 74.2 Å². The standard InChI is InChI=1S/C6H6BClO4/c8-5-3-4(9)1-2-6(5)12-7(10)11/h1-3,9-11H. The van der Waals surface area contributed by atoms with Gasteiger partial charge < -0.3 is 19.8 Å². The van der Waals surface area contributed by atoms with E-state index in [0.29, 0.717) is 0 Å². The molecule has 0 saturated heterocycles. The van der Waals surface area contributed by atoms with Crippen LogP contribution in [0.3, 0.4) is 0 Å². The summed E-state index contributed by atoms with van der Waals surface area (Å²) in [4.78, 5) is 0. The largest absolute Gasteiger partial charge is 0.707 e. The molecular weight excluding hydrogens is 182 g/mol. The van der Waals surface area contributed by atoms with Crippen molar-refractivity contribution in [2.75, 3.05) is 0 Å². The predicted molar refractivity (Wildman–Crippen MR) is 43.9 cm³/mol. The second-order valence-corrected chi connectivity index (χ2v) is 2.47. The van der Waals surface area contributed by atoms with E-state index in [2.05, 4.69) is 4.65 Å². The Hall–Kier alpha value is -0.905. The van der Waals surface area contributed by atoms with E-state index in [1.54, 1.807) is 0 Å². The van der Waals surface area contributed by atoms with E-state index in [1.165, 1.54) is 18.2 Å². The molecule has 12 heavy (non-hydrogen) atoms. The van der Waals surface area contributed by atoms with Crippen molar-refractivity contribution in [2.45, 2.75) is 0 Å². The topological polar surface area (TPSA) is 69.9 Å². The van der Waals surface area contributed by atoms with Gasteiger partial charge in [0.15, 0.2) is 0 Å². The third kappa shape index (κ3) is 2.30. The molecule has 1 aromatic carbocycles. The lowest BCUT2D eigenvalue weighted by Gasteiger charge is -2.05. The second kappa shape index (κ2) is 3.66. The molecule has 1 rings (SSSR count). The van der Waals surface area contributed by atoms with Gasteiger partial charge in [0.25, 0.3) is 0 Å². The summed E-state index contributed by atoms with van der Waals surface area (Å²) in [5.41, 5.74) is 0. The van der Waals surface area contributed by atoms with Crippen LogP contribution in [0.5, 0.6) is 11.5 Å². The third-order valence-corrected chi connectivity index (χ3v) is 1.44. The lowest BCUT2D eigenvalue weighted by Crippen LogP contribution is -2.20.